The Morgan fingerprint density at radius 3 is 2.43 bits per heavy atom. The van der Waals surface area contributed by atoms with E-state index >= 15 is 0 Å². The van der Waals surface area contributed by atoms with E-state index in [4.69, 9.17) is 21.1 Å². The molecule has 0 bridgehead atoms. The minimum Gasteiger partial charge on any atom is -0.493 e. The molecule has 0 radical (unpaired) electrons. The number of fused-ring (bicyclic) bond motifs is 1. The van der Waals surface area contributed by atoms with Crippen molar-refractivity contribution in [3.8, 4) is 22.8 Å². The summed E-state index contributed by atoms with van der Waals surface area (Å²) in [5, 5.41) is 4.63. The Morgan fingerprint density at radius 1 is 1.09 bits per heavy atom. The molecule has 2 aromatic heterocycles. The van der Waals surface area contributed by atoms with Crippen LogP contribution in [-0.4, -0.2) is 28.8 Å². The molecule has 0 N–H and O–H groups in total. The van der Waals surface area contributed by atoms with E-state index in [9.17, 15) is 0 Å². The van der Waals surface area contributed by atoms with Crippen LogP contribution in [0.15, 0.2) is 34.9 Å². The maximum Gasteiger partial charge on any atom is 0.171 e. The quantitative estimate of drug-likeness (QED) is 0.591. The van der Waals surface area contributed by atoms with E-state index in [0.29, 0.717) is 22.3 Å². The van der Waals surface area contributed by atoms with Gasteiger partial charge in [0.25, 0.3) is 0 Å². The van der Waals surface area contributed by atoms with E-state index in [0.717, 1.165) is 15.7 Å². The average molecular weight is 399 g/mol. The molecule has 0 saturated heterocycles. The fourth-order valence-electron chi connectivity index (χ4n) is 2.04. The van der Waals surface area contributed by atoms with Crippen molar-refractivity contribution >= 4 is 33.2 Å². The molecule has 0 unspecified atom stereocenters. The molecule has 0 aliphatic rings. The summed E-state index contributed by atoms with van der Waals surface area (Å²) in [6.07, 6.45) is 1.66. The van der Waals surface area contributed by atoms with Crippen LogP contribution in [0, 0.1) is 0 Å². The number of rotatable bonds is 3. The standard InChI is InChI=1S/C14H11BrClN3O2.C2H6/c1-20-11-4-3-8(5-12(11)21-2)10-6-13(16)19-14(18-10)9(15)7-17-19;1-2/h3-7H,1-2H3;1-2H3. The second-order valence-corrected chi connectivity index (χ2v) is 5.50. The monoisotopic (exact) mass is 397 g/mol. The largest absolute Gasteiger partial charge is 0.493 e. The summed E-state index contributed by atoms with van der Waals surface area (Å²) in [4.78, 5) is 4.57. The molecule has 0 spiro atoms. The van der Waals surface area contributed by atoms with Crippen LogP contribution in [0.4, 0.5) is 0 Å². The Balaban J connectivity index is 0.000000924. The smallest absolute Gasteiger partial charge is 0.171 e. The number of hydrogen-bond acceptors (Lipinski definition) is 4. The van der Waals surface area contributed by atoms with E-state index in [1.54, 1.807) is 31.0 Å². The lowest BCUT2D eigenvalue weighted by Gasteiger charge is -2.10. The lowest BCUT2D eigenvalue weighted by Crippen LogP contribution is -1.96. The lowest BCUT2D eigenvalue weighted by atomic mass is 10.1. The number of halogens is 2. The van der Waals surface area contributed by atoms with Crippen LogP contribution in [0.25, 0.3) is 16.9 Å². The van der Waals surface area contributed by atoms with E-state index in [-0.39, 0.29) is 0 Å². The molecule has 0 aliphatic heterocycles. The first-order valence-corrected chi connectivity index (χ1v) is 8.23. The van der Waals surface area contributed by atoms with Crippen LogP contribution in [0.5, 0.6) is 11.5 Å². The molecule has 122 valence electrons. The third-order valence-electron chi connectivity index (χ3n) is 3.06. The lowest BCUT2D eigenvalue weighted by molar-refractivity contribution is 0.355. The predicted molar refractivity (Wildman–Crippen MR) is 95.6 cm³/mol. The molecule has 0 aliphatic carbocycles. The van der Waals surface area contributed by atoms with Crippen molar-refractivity contribution in [1.82, 2.24) is 14.6 Å². The zero-order chi connectivity index (χ0) is 17.0. The Bertz CT molecular complexity index is 820. The highest BCUT2D eigenvalue weighted by molar-refractivity contribution is 9.10. The predicted octanol–water partition coefficient (Wildman–Crippen LogP) is 4.86. The minimum absolute atomic E-state index is 0.482. The minimum atomic E-state index is 0.482. The number of nitrogens with zero attached hydrogens (tertiary/aromatic N) is 3. The van der Waals surface area contributed by atoms with Gasteiger partial charge in [-0.3, -0.25) is 0 Å². The average Bonchev–Trinajstić information content (AvgIpc) is 2.97. The second kappa shape index (κ2) is 7.66. The maximum atomic E-state index is 6.24. The molecule has 3 rings (SSSR count). The first-order valence-electron chi connectivity index (χ1n) is 7.06. The van der Waals surface area contributed by atoms with Gasteiger partial charge in [-0.25, -0.2) is 9.50 Å². The van der Waals surface area contributed by atoms with Crippen LogP contribution in [0.2, 0.25) is 5.15 Å². The highest BCUT2D eigenvalue weighted by Gasteiger charge is 2.12. The molecule has 0 amide bonds. The van der Waals surface area contributed by atoms with Crippen molar-refractivity contribution in [3.05, 3.63) is 40.1 Å². The normalized spacial score (nSPS) is 10.2. The van der Waals surface area contributed by atoms with E-state index in [1.807, 2.05) is 32.0 Å². The summed E-state index contributed by atoms with van der Waals surface area (Å²) in [6.45, 7) is 4.00. The molecular weight excluding hydrogens is 382 g/mol. The van der Waals surface area contributed by atoms with Crippen molar-refractivity contribution in [3.63, 3.8) is 0 Å². The molecule has 7 heteroatoms. The highest BCUT2D eigenvalue weighted by atomic mass is 79.9. The van der Waals surface area contributed by atoms with Gasteiger partial charge in [0, 0.05) is 11.6 Å². The fraction of sp³-hybridized carbons (Fsp3) is 0.250. The van der Waals surface area contributed by atoms with Crippen molar-refractivity contribution < 1.29 is 9.47 Å². The van der Waals surface area contributed by atoms with Gasteiger partial charge in [0.2, 0.25) is 0 Å². The molecule has 0 atom stereocenters. The van der Waals surface area contributed by atoms with Gasteiger partial charge in [-0.15, -0.1) is 0 Å². The SMILES string of the molecule is CC.COc1ccc(-c2cc(Cl)n3ncc(Br)c3n2)cc1OC. The summed E-state index contributed by atoms with van der Waals surface area (Å²) in [6, 6.07) is 7.35. The summed E-state index contributed by atoms with van der Waals surface area (Å²) >= 11 is 9.65. The van der Waals surface area contributed by atoms with Crippen molar-refractivity contribution in [2.75, 3.05) is 14.2 Å². The third kappa shape index (κ3) is 3.43. The van der Waals surface area contributed by atoms with Gasteiger partial charge in [0.1, 0.15) is 5.15 Å². The van der Waals surface area contributed by atoms with Crippen LogP contribution in [0.1, 0.15) is 13.8 Å². The summed E-state index contributed by atoms with van der Waals surface area (Å²) in [5.74, 6) is 1.30. The van der Waals surface area contributed by atoms with Gasteiger partial charge in [0.15, 0.2) is 17.1 Å². The maximum absolute atomic E-state index is 6.24. The van der Waals surface area contributed by atoms with Crippen molar-refractivity contribution in [2.45, 2.75) is 13.8 Å². The Labute approximate surface area is 148 Å². The van der Waals surface area contributed by atoms with Gasteiger partial charge in [0.05, 0.1) is 30.6 Å². The zero-order valence-electron chi connectivity index (χ0n) is 13.3. The molecule has 2 heterocycles. The topological polar surface area (TPSA) is 48.7 Å². The van der Waals surface area contributed by atoms with Gasteiger partial charge in [-0.1, -0.05) is 25.4 Å². The summed E-state index contributed by atoms with van der Waals surface area (Å²) in [7, 11) is 3.20. The number of benzene rings is 1. The van der Waals surface area contributed by atoms with Crippen molar-refractivity contribution in [2.24, 2.45) is 0 Å². The Hall–Kier alpha value is -1.79. The summed E-state index contributed by atoms with van der Waals surface area (Å²) in [5.41, 5.74) is 2.27. The van der Waals surface area contributed by atoms with Gasteiger partial charge in [-0.05, 0) is 34.1 Å². The van der Waals surface area contributed by atoms with Gasteiger partial charge in [-0.2, -0.15) is 5.10 Å². The van der Waals surface area contributed by atoms with Gasteiger partial charge < -0.3 is 9.47 Å². The molecule has 1 aromatic carbocycles. The van der Waals surface area contributed by atoms with Crippen LogP contribution < -0.4 is 9.47 Å². The Morgan fingerprint density at radius 2 is 1.78 bits per heavy atom. The third-order valence-corrected chi connectivity index (χ3v) is 3.89. The Kier molecular flexibility index (Phi) is 5.85. The van der Waals surface area contributed by atoms with Crippen LogP contribution in [-0.2, 0) is 0 Å². The molecule has 0 saturated carbocycles. The molecule has 3 aromatic rings. The fourth-order valence-corrected chi connectivity index (χ4v) is 2.62. The second-order valence-electron chi connectivity index (χ2n) is 4.26. The highest BCUT2D eigenvalue weighted by Crippen LogP contribution is 2.33. The van der Waals surface area contributed by atoms with E-state index < -0.39 is 0 Å². The first-order chi connectivity index (χ1) is 11.1. The first kappa shape index (κ1) is 17.6. The van der Waals surface area contributed by atoms with Crippen LogP contribution in [0.3, 0.4) is 0 Å². The van der Waals surface area contributed by atoms with E-state index in [2.05, 4.69) is 26.0 Å². The molecule has 23 heavy (non-hydrogen) atoms. The van der Waals surface area contributed by atoms with E-state index in [1.165, 1.54) is 0 Å². The van der Waals surface area contributed by atoms with Crippen molar-refractivity contribution in [1.29, 1.82) is 0 Å². The molecule has 0 fully saturated rings. The van der Waals surface area contributed by atoms with Crippen LogP contribution >= 0.6 is 27.5 Å². The summed E-state index contributed by atoms with van der Waals surface area (Å²) < 4.78 is 12.9. The molecular formula is C16H17BrClN3O2. The number of aromatic nitrogens is 3. The zero-order valence-corrected chi connectivity index (χ0v) is 15.6. The number of hydrogen-bond donors (Lipinski definition) is 0. The van der Waals surface area contributed by atoms with Gasteiger partial charge >= 0.3 is 0 Å². The molecule has 5 nitrogen and oxygen atoms in total. The number of ether oxygens (including phenoxy) is 2. The number of methoxy groups -OCH3 is 2.